The fraction of sp³-hybridized carbons (Fsp3) is 0.100. The Balaban J connectivity index is 2.52. The molecule has 0 amide bonds. The minimum Gasteiger partial charge on any atom is -0.476 e. The summed E-state index contributed by atoms with van der Waals surface area (Å²) in [6.07, 6.45) is 0. The van der Waals surface area contributed by atoms with Crippen LogP contribution in [0.4, 0.5) is 0 Å². The molecule has 1 aromatic carbocycles. The first-order valence-electron chi connectivity index (χ1n) is 4.63. The summed E-state index contributed by atoms with van der Waals surface area (Å²) in [5.74, 6) is -1.14. The van der Waals surface area contributed by atoms with Crippen LogP contribution in [0.3, 0.4) is 0 Å². The van der Waals surface area contributed by atoms with Crippen molar-refractivity contribution in [3.63, 3.8) is 0 Å². The standard InChI is InChI=1S/C10H7Cl2N3O2/c11-5-8-9(10(16)17)13-14-15(8)7-3-1-6(12)2-4-7/h1-4H,5H2,(H,16,17). The van der Waals surface area contributed by atoms with Gasteiger partial charge in [0, 0.05) is 5.02 Å². The molecular formula is C10H7Cl2N3O2. The molecule has 0 saturated carbocycles. The zero-order chi connectivity index (χ0) is 12.4. The number of hydrogen-bond donors (Lipinski definition) is 1. The second-order valence-electron chi connectivity index (χ2n) is 3.21. The van der Waals surface area contributed by atoms with Gasteiger partial charge in [-0.25, -0.2) is 9.48 Å². The van der Waals surface area contributed by atoms with Crippen LogP contribution in [0.2, 0.25) is 5.02 Å². The number of nitrogens with zero attached hydrogens (tertiary/aromatic N) is 3. The summed E-state index contributed by atoms with van der Waals surface area (Å²) in [7, 11) is 0. The number of alkyl halides is 1. The molecule has 2 rings (SSSR count). The van der Waals surface area contributed by atoms with Gasteiger partial charge in [0.2, 0.25) is 0 Å². The molecule has 2 aromatic rings. The summed E-state index contributed by atoms with van der Waals surface area (Å²) in [4.78, 5) is 10.9. The number of halogens is 2. The summed E-state index contributed by atoms with van der Waals surface area (Å²) in [5.41, 5.74) is 0.849. The van der Waals surface area contributed by atoms with Crippen LogP contribution >= 0.6 is 23.2 Å². The van der Waals surface area contributed by atoms with Crippen LogP contribution in [-0.4, -0.2) is 26.1 Å². The first kappa shape index (κ1) is 11.9. The van der Waals surface area contributed by atoms with E-state index in [0.29, 0.717) is 16.4 Å². The van der Waals surface area contributed by atoms with Crippen molar-refractivity contribution >= 4 is 29.2 Å². The van der Waals surface area contributed by atoms with Crippen molar-refractivity contribution in [1.29, 1.82) is 0 Å². The minimum atomic E-state index is -1.15. The predicted molar refractivity (Wildman–Crippen MR) is 62.9 cm³/mol. The number of aromatic nitrogens is 3. The van der Waals surface area contributed by atoms with Gasteiger partial charge in [0.05, 0.1) is 17.3 Å². The lowest BCUT2D eigenvalue weighted by Gasteiger charge is -2.04. The maximum absolute atomic E-state index is 10.9. The van der Waals surface area contributed by atoms with Crippen LogP contribution in [0.25, 0.3) is 5.69 Å². The van der Waals surface area contributed by atoms with E-state index < -0.39 is 5.97 Å². The molecular weight excluding hydrogens is 265 g/mol. The number of rotatable bonds is 3. The number of carboxylic acid groups (broad SMARTS) is 1. The molecule has 17 heavy (non-hydrogen) atoms. The zero-order valence-electron chi connectivity index (χ0n) is 8.47. The van der Waals surface area contributed by atoms with Crippen LogP contribution in [0, 0.1) is 0 Å². The van der Waals surface area contributed by atoms with E-state index in [9.17, 15) is 4.79 Å². The largest absolute Gasteiger partial charge is 0.476 e. The second kappa shape index (κ2) is 4.73. The molecule has 1 aromatic heterocycles. The average Bonchev–Trinajstić information content (AvgIpc) is 2.73. The van der Waals surface area contributed by atoms with Gasteiger partial charge in [0.25, 0.3) is 0 Å². The van der Waals surface area contributed by atoms with Crippen molar-refractivity contribution in [3.05, 3.63) is 40.7 Å². The van der Waals surface area contributed by atoms with Gasteiger partial charge in [-0.15, -0.1) is 16.7 Å². The lowest BCUT2D eigenvalue weighted by atomic mass is 10.3. The third-order valence-corrected chi connectivity index (χ3v) is 2.67. The average molecular weight is 272 g/mol. The molecule has 0 aliphatic carbocycles. The quantitative estimate of drug-likeness (QED) is 0.871. The first-order chi connectivity index (χ1) is 8.13. The molecule has 0 fully saturated rings. The van der Waals surface area contributed by atoms with E-state index in [1.165, 1.54) is 4.68 Å². The lowest BCUT2D eigenvalue weighted by molar-refractivity contribution is 0.0689. The highest BCUT2D eigenvalue weighted by Gasteiger charge is 2.18. The molecule has 0 unspecified atom stereocenters. The maximum atomic E-state index is 10.9. The summed E-state index contributed by atoms with van der Waals surface area (Å²) in [6.45, 7) is 0. The Morgan fingerprint density at radius 2 is 2.00 bits per heavy atom. The molecule has 0 radical (unpaired) electrons. The fourth-order valence-corrected chi connectivity index (χ4v) is 1.74. The van der Waals surface area contributed by atoms with E-state index in [1.54, 1.807) is 24.3 Å². The fourth-order valence-electron chi connectivity index (χ4n) is 1.38. The highest BCUT2D eigenvalue weighted by Crippen LogP contribution is 2.17. The molecule has 0 aliphatic rings. The zero-order valence-corrected chi connectivity index (χ0v) is 9.98. The maximum Gasteiger partial charge on any atom is 0.358 e. The number of benzene rings is 1. The van der Waals surface area contributed by atoms with Crippen LogP contribution in [0.5, 0.6) is 0 Å². The van der Waals surface area contributed by atoms with Crippen molar-refractivity contribution in [2.45, 2.75) is 5.88 Å². The van der Waals surface area contributed by atoms with Crippen molar-refractivity contribution in [2.24, 2.45) is 0 Å². The monoisotopic (exact) mass is 271 g/mol. The van der Waals surface area contributed by atoms with Gasteiger partial charge in [0.15, 0.2) is 5.69 Å². The van der Waals surface area contributed by atoms with Crippen molar-refractivity contribution < 1.29 is 9.90 Å². The third-order valence-electron chi connectivity index (χ3n) is 2.16. The van der Waals surface area contributed by atoms with Gasteiger partial charge in [0.1, 0.15) is 0 Å². The van der Waals surface area contributed by atoms with Gasteiger partial charge < -0.3 is 5.11 Å². The van der Waals surface area contributed by atoms with Gasteiger partial charge in [-0.2, -0.15) is 0 Å². The van der Waals surface area contributed by atoms with Crippen molar-refractivity contribution in [1.82, 2.24) is 15.0 Å². The highest BCUT2D eigenvalue weighted by atomic mass is 35.5. The smallest absolute Gasteiger partial charge is 0.358 e. The number of aromatic carboxylic acids is 1. The normalized spacial score (nSPS) is 10.5. The van der Waals surface area contributed by atoms with E-state index in [-0.39, 0.29) is 11.6 Å². The van der Waals surface area contributed by atoms with Crippen LogP contribution in [0.15, 0.2) is 24.3 Å². The van der Waals surface area contributed by atoms with Crippen LogP contribution in [0.1, 0.15) is 16.2 Å². The second-order valence-corrected chi connectivity index (χ2v) is 3.92. The SMILES string of the molecule is O=C(O)c1nnn(-c2ccc(Cl)cc2)c1CCl. The molecule has 0 spiro atoms. The Morgan fingerprint density at radius 3 is 2.53 bits per heavy atom. The topological polar surface area (TPSA) is 68.0 Å². The Kier molecular flexibility index (Phi) is 3.31. The molecule has 0 atom stereocenters. The Hall–Kier alpha value is -1.59. The van der Waals surface area contributed by atoms with Crippen molar-refractivity contribution in [3.8, 4) is 5.69 Å². The van der Waals surface area contributed by atoms with E-state index in [0.717, 1.165) is 0 Å². The molecule has 1 heterocycles. The third kappa shape index (κ3) is 2.25. The van der Waals surface area contributed by atoms with E-state index in [2.05, 4.69) is 10.3 Å². The molecule has 1 N–H and O–H groups in total. The van der Waals surface area contributed by atoms with E-state index in [4.69, 9.17) is 28.3 Å². The number of hydrogen-bond acceptors (Lipinski definition) is 3. The number of carbonyl (C=O) groups is 1. The minimum absolute atomic E-state index is 0.0112. The summed E-state index contributed by atoms with van der Waals surface area (Å²) in [6, 6.07) is 6.77. The van der Waals surface area contributed by atoms with Crippen molar-refractivity contribution in [2.75, 3.05) is 0 Å². The molecule has 0 bridgehead atoms. The van der Waals surface area contributed by atoms with E-state index in [1.807, 2.05) is 0 Å². The highest BCUT2D eigenvalue weighted by molar-refractivity contribution is 6.30. The lowest BCUT2D eigenvalue weighted by Crippen LogP contribution is -2.05. The molecule has 0 saturated heterocycles. The first-order valence-corrected chi connectivity index (χ1v) is 5.54. The summed E-state index contributed by atoms with van der Waals surface area (Å²) < 4.78 is 1.38. The number of carboxylic acids is 1. The Bertz CT molecular complexity index is 551. The molecule has 88 valence electrons. The Morgan fingerprint density at radius 1 is 1.35 bits per heavy atom. The predicted octanol–water partition coefficient (Wildman–Crippen LogP) is 2.36. The molecule has 5 nitrogen and oxygen atoms in total. The molecule has 0 aliphatic heterocycles. The van der Waals surface area contributed by atoms with Gasteiger partial charge in [-0.1, -0.05) is 16.8 Å². The summed E-state index contributed by atoms with van der Waals surface area (Å²) >= 11 is 11.5. The Labute approximate surface area is 107 Å². The van der Waals surface area contributed by atoms with E-state index >= 15 is 0 Å². The van der Waals surface area contributed by atoms with Crippen LogP contribution < -0.4 is 0 Å². The summed E-state index contributed by atoms with van der Waals surface area (Å²) in [5, 5.41) is 16.8. The van der Waals surface area contributed by atoms with Crippen LogP contribution in [-0.2, 0) is 5.88 Å². The van der Waals surface area contributed by atoms with Gasteiger partial charge in [-0.05, 0) is 24.3 Å². The molecule has 7 heteroatoms. The van der Waals surface area contributed by atoms with Gasteiger partial charge >= 0.3 is 5.97 Å². The van der Waals surface area contributed by atoms with Gasteiger partial charge in [-0.3, -0.25) is 0 Å².